The van der Waals surface area contributed by atoms with Crippen LogP contribution in [0.1, 0.15) is 24.1 Å². The van der Waals surface area contributed by atoms with Crippen LogP contribution in [0.3, 0.4) is 0 Å². The molecule has 1 aromatic heterocycles. The summed E-state index contributed by atoms with van der Waals surface area (Å²) in [7, 11) is 3.53. The third-order valence-electron chi connectivity index (χ3n) is 4.97. The molecule has 25 heavy (non-hydrogen) atoms. The van der Waals surface area contributed by atoms with Crippen molar-refractivity contribution in [3.05, 3.63) is 11.3 Å². The molecule has 134 valence electrons. The Morgan fingerprint density at radius 2 is 1.88 bits per heavy atom. The highest BCUT2D eigenvalue weighted by Crippen LogP contribution is 2.29. The van der Waals surface area contributed by atoms with E-state index in [1.165, 1.54) is 0 Å². The summed E-state index contributed by atoms with van der Waals surface area (Å²) < 4.78 is 0. The highest BCUT2D eigenvalue weighted by molar-refractivity contribution is 5.74. The molecule has 3 heterocycles. The smallest absolute Gasteiger partial charge is 0.319 e. The molecule has 0 atom stereocenters. The number of nitrogens with two attached hydrogens (primary N) is 1. The summed E-state index contributed by atoms with van der Waals surface area (Å²) in [6.07, 6.45) is 3.10. The third kappa shape index (κ3) is 3.60. The fourth-order valence-electron chi connectivity index (χ4n) is 3.55. The molecule has 2 aliphatic rings. The van der Waals surface area contributed by atoms with E-state index in [9.17, 15) is 4.79 Å². The van der Waals surface area contributed by atoms with Crippen molar-refractivity contribution in [3.63, 3.8) is 0 Å². The second-order valence-corrected chi connectivity index (χ2v) is 6.89. The molecule has 0 spiro atoms. The van der Waals surface area contributed by atoms with E-state index in [1.807, 2.05) is 4.90 Å². The number of aromatic nitrogens is 2. The van der Waals surface area contributed by atoms with E-state index in [2.05, 4.69) is 20.9 Å². The van der Waals surface area contributed by atoms with Crippen molar-refractivity contribution >= 4 is 17.8 Å². The first-order valence-corrected chi connectivity index (χ1v) is 8.75. The molecular weight excluding hydrogens is 318 g/mol. The van der Waals surface area contributed by atoms with Gasteiger partial charge in [0.1, 0.15) is 5.82 Å². The Labute approximate surface area is 148 Å². The first-order chi connectivity index (χ1) is 12.0. The van der Waals surface area contributed by atoms with Gasteiger partial charge in [-0.3, -0.25) is 0 Å². The number of rotatable bonds is 1. The average molecular weight is 343 g/mol. The number of anilines is 2. The molecular formula is C17H25N7O. The molecule has 0 aromatic carbocycles. The molecule has 2 aliphatic heterocycles. The van der Waals surface area contributed by atoms with Crippen LogP contribution in [0.5, 0.6) is 0 Å². The van der Waals surface area contributed by atoms with Crippen LogP contribution in [0.4, 0.5) is 16.6 Å². The summed E-state index contributed by atoms with van der Waals surface area (Å²) in [6, 6.07) is 2.37. The number of amides is 2. The van der Waals surface area contributed by atoms with Gasteiger partial charge < -0.3 is 20.4 Å². The molecule has 1 aromatic rings. The second-order valence-electron chi connectivity index (χ2n) is 6.89. The quantitative estimate of drug-likeness (QED) is 0.812. The first-order valence-electron chi connectivity index (χ1n) is 8.75. The lowest BCUT2D eigenvalue weighted by molar-refractivity contribution is 0.173. The Balaban J connectivity index is 1.83. The first kappa shape index (κ1) is 17.3. The van der Waals surface area contributed by atoms with Gasteiger partial charge in [-0.1, -0.05) is 0 Å². The van der Waals surface area contributed by atoms with E-state index in [1.54, 1.807) is 19.0 Å². The second kappa shape index (κ2) is 7.13. The summed E-state index contributed by atoms with van der Waals surface area (Å²) in [4.78, 5) is 26.9. The topological polar surface area (TPSA) is 102 Å². The van der Waals surface area contributed by atoms with Crippen LogP contribution in [-0.2, 0) is 12.8 Å². The summed E-state index contributed by atoms with van der Waals surface area (Å²) in [5.41, 5.74) is 7.99. The van der Waals surface area contributed by atoms with E-state index in [-0.39, 0.29) is 17.9 Å². The molecule has 2 amide bonds. The molecule has 0 saturated carbocycles. The molecule has 8 heteroatoms. The number of carbonyl (C=O) groups is 1. The maximum atomic E-state index is 12.3. The van der Waals surface area contributed by atoms with Gasteiger partial charge in [0, 0.05) is 58.2 Å². The van der Waals surface area contributed by atoms with Gasteiger partial charge >= 0.3 is 6.03 Å². The Morgan fingerprint density at radius 3 is 2.52 bits per heavy atom. The minimum Gasteiger partial charge on any atom is -0.368 e. The van der Waals surface area contributed by atoms with Gasteiger partial charge in [0.05, 0.1) is 11.8 Å². The van der Waals surface area contributed by atoms with Crippen molar-refractivity contribution < 1.29 is 4.79 Å². The molecule has 1 saturated heterocycles. The number of carbonyl (C=O) groups excluding carboxylic acids is 1. The third-order valence-corrected chi connectivity index (χ3v) is 4.97. The number of fused-ring (bicyclic) bond motifs is 1. The van der Waals surface area contributed by atoms with Crippen molar-refractivity contribution in [3.8, 4) is 6.07 Å². The molecule has 8 nitrogen and oxygen atoms in total. The van der Waals surface area contributed by atoms with E-state index >= 15 is 0 Å². The zero-order chi connectivity index (χ0) is 18.0. The molecule has 0 bridgehead atoms. The molecule has 0 unspecified atom stereocenters. The lowest BCUT2D eigenvalue weighted by Gasteiger charge is -2.32. The number of nitrogen functional groups attached to an aromatic ring is 1. The molecule has 1 fully saturated rings. The van der Waals surface area contributed by atoms with Crippen LogP contribution >= 0.6 is 0 Å². The zero-order valence-corrected chi connectivity index (χ0v) is 14.9. The van der Waals surface area contributed by atoms with Crippen molar-refractivity contribution in [1.82, 2.24) is 19.8 Å². The van der Waals surface area contributed by atoms with Crippen LogP contribution in [0.25, 0.3) is 0 Å². The maximum Gasteiger partial charge on any atom is 0.319 e. The van der Waals surface area contributed by atoms with Crippen LogP contribution in [0.15, 0.2) is 0 Å². The predicted molar refractivity (Wildman–Crippen MR) is 95.1 cm³/mol. The number of nitriles is 1. The van der Waals surface area contributed by atoms with Gasteiger partial charge in [0.2, 0.25) is 5.95 Å². The van der Waals surface area contributed by atoms with E-state index in [0.29, 0.717) is 19.5 Å². The van der Waals surface area contributed by atoms with Gasteiger partial charge in [0.15, 0.2) is 0 Å². The summed E-state index contributed by atoms with van der Waals surface area (Å²) in [6.45, 7) is 2.90. The van der Waals surface area contributed by atoms with Gasteiger partial charge in [-0.15, -0.1) is 0 Å². The monoisotopic (exact) mass is 343 g/mol. The maximum absolute atomic E-state index is 12.3. The zero-order valence-electron chi connectivity index (χ0n) is 14.9. The van der Waals surface area contributed by atoms with Crippen molar-refractivity contribution in [1.29, 1.82) is 5.26 Å². The normalized spacial score (nSPS) is 18.3. The molecule has 0 radical (unpaired) electrons. The number of piperidine rings is 1. The Kier molecular flexibility index (Phi) is 4.93. The van der Waals surface area contributed by atoms with Gasteiger partial charge in [-0.25, -0.2) is 9.78 Å². The Hall–Kier alpha value is -2.56. The number of hydrogen-bond donors (Lipinski definition) is 1. The van der Waals surface area contributed by atoms with Crippen molar-refractivity contribution in [2.45, 2.75) is 25.7 Å². The van der Waals surface area contributed by atoms with Crippen LogP contribution < -0.4 is 10.6 Å². The average Bonchev–Trinajstić information content (AvgIpc) is 2.83. The standard InChI is InChI=1S/C17H25N7O/c1-22(2)17(25)24-9-5-13-14(6-10-24)20-16(19)21-15(13)23-7-3-12(11-18)4-8-23/h12H,3-10H2,1-2H3,(H2,19,20,21). The van der Waals surface area contributed by atoms with Gasteiger partial charge in [0.25, 0.3) is 0 Å². The summed E-state index contributed by atoms with van der Waals surface area (Å²) >= 11 is 0. The molecule has 3 rings (SSSR count). The van der Waals surface area contributed by atoms with Gasteiger partial charge in [-0.2, -0.15) is 10.2 Å². The van der Waals surface area contributed by atoms with Crippen molar-refractivity contribution in [2.75, 3.05) is 50.9 Å². The van der Waals surface area contributed by atoms with Crippen molar-refractivity contribution in [2.24, 2.45) is 5.92 Å². The van der Waals surface area contributed by atoms with E-state index in [4.69, 9.17) is 11.0 Å². The Bertz CT molecular complexity index is 689. The minimum absolute atomic E-state index is 0.0186. The minimum atomic E-state index is 0.0186. The highest BCUT2D eigenvalue weighted by Gasteiger charge is 2.27. The number of hydrogen-bond acceptors (Lipinski definition) is 6. The predicted octanol–water partition coefficient (Wildman–Crippen LogP) is 0.881. The number of urea groups is 1. The molecule has 2 N–H and O–H groups in total. The molecule has 0 aliphatic carbocycles. The fourth-order valence-corrected chi connectivity index (χ4v) is 3.55. The Morgan fingerprint density at radius 1 is 1.20 bits per heavy atom. The van der Waals surface area contributed by atoms with E-state index in [0.717, 1.165) is 49.4 Å². The SMILES string of the molecule is CN(C)C(=O)N1CCc2nc(N)nc(N3CCC(C#N)CC3)c2CC1. The summed E-state index contributed by atoms with van der Waals surface area (Å²) in [5, 5.41) is 9.09. The van der Waals surface area contributed by atoms with Gasteiger partial charge in [-0.05, 0) is 19.3 Å². The van der Waals surface area contributed by atoms with Crippen LogP contribution in [0.2, 0.25) is 0 Å². The lowest BCUT2D eigenvalue weighted by Crippen LogP contribution is -2.40. The van der Waals surface area contributed by atoms with E-state index < -0.39 is 0 Å². The van der Waals surface area contributed by atoms with Crippen LogP contribution in [-0.4, -0.2) is 66.1 Å². The van der Waals surface area contributed by atoms with Crippen LogP contribution in [0, 0.1) is 17.2 Å². The largest absolute Gasteiger partial charge is 0.368 e. The fraction of sp³-hybridized carbons (Fsp3) is 0.647. The summed E-state index contributed by atoms with van der Waals surface area (Å²) in [5.74, 6) is 1.30. The number of nitrogens with zero attached hydrogens (tertiary/aromatic N) is 6. The highest BCUT2D eigenvalue weighted by atomic mass is 16.2. The lowest BCUT2D eigenvalue weighted by atomic mass is 9.98.